The zero-order valence-electron chi connectivity index (χ0n) is 16.0. The maximum absolute atomic E-state index is 13.1. The molecule has 2 aliphatic rings. The minimum atomic E-state index is -0.881. The second-order valence-corrected chi connectivity index (χ2v) is 7.36. The van der Waals surface area contributed by atoms with Gasteiger partial charge in [0.05, 0.1) is 37.8 Å². The van der Waals surface area contributed by atoms with Crippen LogP contribution in [0.4, 0.5) is 5.69 Å². The van der Waals surface area contributed by atoms with Crippen LogP contribution in [0, 0.1) is 0 Å². The van der Waals surface area contributed by atoms with Gasteiger partial charge in [-0.3, -0.25) is 14.5 Å². The highest BCUT2D eigenvalue weighted by molar-refractivity contribution is 6.01. The number of carbonyl (C=O) groups is 2. The van der Waals surface area contributed by atoms with Gasteiger partial charge in [-0.1, -0.05) is 31.4 Å². The van der Waals surface area contributed by atoms with E-state index in [1.54, 1.807) is 4.90 Å². The monoisotopic (exact) mass is 383 g/mol. The summed E-state index contributed by atoms with van der Waals surface area (Å²) in [6.07, 6.45) is 8.72. The summed E-state index contributed by atoms with van der Waals surface area (Å²) >= 11 is 0. The van der Waals surface area contributed by atoms with E-state index in [4.69, 9.17) is 9.47 Å². The van der Waals surface area contributed by atoms with Gasteiger partial charge >= 0.3 is 5.97 Å². The maximum Gasteiger partial charge on any atom is 0.309 e. The summed E-state index contributed by atoms with van der Waals surface area (Å²) in [5.41, 5.74) is 1.71. The van der Waals surface area contributed by atoms with Crippen molar-refractivity contribution in [2.45, 2.75) is 57.2 Å². The Balaban J connectivity index is 1.62. The molecule has 28 heavy (non-hydrogen) atoms. The van der Waals surface area contributed by atoms with Gasteiger partial charge < -0.3 is 14.0 Å². The van der Waals surface area contributed by atoms with E-state index in [0.29, 0.717) is 24.0 Å². The molecule has 1 fully saturated rings. The van der Waals surface area contributed by atoms with E-state index in [1.807, 2.05) is 36.8 Å². The molecule has 1 aliphatic heterocycles. The molecule has 0 spiro atoms. The summed E-state index contributed by atoms with van der Waals surface area (Å²) in [5, 5.41) is 0. The number of benzene rings is 1. The Morgan fingerprint density at radius 1 is 1.25 bits per heavy atom. The molecular formula is C21H25N3O4. The highest BCUT2D eigenvalue weighted by Crippen LogP contribution is 2.36. The highest BCUT2D eigenvalue weighted by Gasteiger charge is 2.36. The third kappa shape index (κ3) is 3.61. The molecule has 7 heteroatoms. The number of aromatic nitrogens is 2. The van der Waals surface area contributed by atoms with Crippen molar-refractivity contribution < 1.29 is 19.1 Å². The molecule has 7 nitrogen and oxygen atoms in total. The Morgan fingerprint density at radius 2 is 2.04 bits per heavy atom. The fourth-order valence-corrected chi connectivity index (χ4v) is 4.11. The summed E-state index contributed by atoms with van der Waals surface area (Å²) in [4.78, 5) is 30.9. The summed E-state index contributed by atoms with van der Waals surface area (Å²) in [6.45, 7) is 0.396. The van der Waals surface area contributed by atoms with E-state index in [-0.39, 0.29) is 12.3 Å². The first-order valence-electron chi connectivity index (χ1n) is 9.82. The third-order valence-electron chi connectivity index (χ3n) is 5.58. The Labute approximate surface area is 164 Å². The standard InChI is InChI=1S/C21H25N3O4/c1-27-20(25)11-19-21(26)23(17-9-5-6-10-18(17)28-19)13-16-12-22-14-24(16)15-7-3-2-4-8-15/h5-6,9-10,12,14-15,19H,2-4,7-8,11,13H2,1H3. The minimum Gasteiger partial charge on any atom is -0.478 e. The van der Waals surface area contributed by atoms with Crippen LogP contribution >= 0.6 is 0 Å². The molecule has 1 saturated carbocycles. The predicted octanol–water partition coefficient (Wildman–Crippen LogP) is 3.25. The van der Waals surface area contributed by atoms with Crippen molar-refractivity contribution in [1.82, 2.24) is 9.55 Å². The number of ether oxygens (including phenoxy) is 2. The maximum atomic E-state index is 13.1. The van der Waals surface area contributed by atoms with Crippen LogP contribution in [-0.4, -0.2) is 34.6 Å². The molecule has 0 radical (unpaired) electrons. The molecule has 1 unspecified atom stereocenters. The number of hydrogen-bond acceptors (Lipinski definition) is 5. The van der Waals surface area contributed by atoms with Crippen LogP contribution < -0.4 is 9.64 Å². The first kappa shape index (κ1) is 18.5. The molecule has 148 valence electrons. The SMILES string of the molecule is COC(=O)CC1Oc2ccccc2N(Cc2cncn2C2CCCCC2)C1=O. The van der Waals surface area contributed by atoms with Gasteiger partial charge in [-0.15, -0.1) is 0 Å². The van der Waals surface area contributed by atoms with E-state index in [0.717, 1.165) is 18.5 Å². The zero-order chi connectivity index (χ0) is 19.5. The molecule has 1 amide bonds. The Morgan fingerprint density at radius 3 is 2.82 bits per heavy atom. The van der Waals surface area contributed by atoms with E-state index in [2.05, 4.69) is 9.55 Å². The first-order chi connectivity index (χ1) is 13.7. The van der Waals surface area contributed by atoms with Gasteiger partial charge in [0.2, 0.25) is 0 Å². The zero-order valence-corrected chi connectivity index (χ0v) is 16.0. The first-order valence-corrected chi connectivity index (χ1v) is 9.82. The van der Waals surface area contributed by atoms with E-state index in [9.17, 15) is 9.59 Å². The van der Waals surface area contributed by atoms with Crippen LogP contribution in [0.25, 0.3) is 0 Å². The lowest BCUT2D eigenvalue weighted by Gasteiger charge is -2.34. The number of esters is 1. The number of nitrogens with zero attached hydrogens (tertiary/aromatic N) is 3. The molecular weight excluding hydrogens is 358 g/mol. The lowest BCUT2D eigenvalue weighted by atomic mass is 9.95. The normalized spacial score (nSPS) is 19.8. The molecule has 2 heterocycles. The second kappa shape index (κ2) is 8.04. The fourth-order valence-electron chi connectivity index (χ4n) is 4.11. The summed E-state index contributed by atoms with van der Waals surface area (Å²) < 4.78 is 12.7. The molecule has 0 bridgehead atoms. The number of para-hydroxylation sites is 2. The number of carbonyl (C=O) groups excluding carboxylic acids is 2. The number of imidazole rings is 1. The number of amides is 1. The quantitative estimate of drug-likeness (QED) is 0.741. The summed E-state index contributed by atoms with van der Waals surface area (Å²) in [7, 11) is 1.31. The molecule has 1 aromatic heterocycles. The Kier molecular flexibility index (Phi) is 5.32. The topological polar surface area (TPSA) is 73.7 Å². The van der Waals surface area contributed by atoms with Crippen LogP contribution in [0.15, 0.2) is 36.8 Å². The van der Waals surface area contributed by atoms with Crippen LogP contribution in [0.5, 0.6) is 5.75 Å². The van der Waals surface area contributed by atoms with Gasteiger partial charge in [0.1, 0.15) is 5.75 Å². The van der Waals surface area contributed by atoms with Crippen molar-refractivity contribution in [3.8, 4) is 5.75 Å². The smallest absolute Gasteiger partial charge is 0.309 e. The Bertz CT molecular complexity index is 857. The van der Waals surface area contributed by atoms with Crippen LogP contribution in [-0.2, 0) is 20.9 Å². The Hall–Kier alpha value is -2.83. The summed E-state index contributed by atoms with van der Waals surface area (Å²) in [5.74, 6) is -0.106. The van der Waals surface area contributed by atoms with Crippen molar-refractivity contribution in [3.05, 3.63) is 42.5 Å². The average Bonchev–Trinajstić information content (AvgIpc) is 3.20. The number of anilines is 1. The fraction of sp³-hybridized carbons (Fsp3) is 0.476. The van der Waals surface area contributed by atoms with Gasteiger partial charge in [-0.05, 0) is 25.0 Å². The number of rotatable bonds is 5. The van der Waals surface area contributed by atoms with E-state index >= 15 is 0 Å². The van der Waals surface area contributed by atoms with Gasteiger partial charge in [-0.2, -0.15) is 0 Å². The lowest BCUT2D eigenvalue weighted by molar-refractivity contribution is -0.145. The van der Waals surface area contributed by atoms with Crippen LogP contribution in [0.2, 0.25) is 0 Å². The molecule has 1 aromatic carbocycles. The molecule has 0 saturated heterocycles. The lowest BCUT2D eigenvalue weighted by Crippen LogP contribution is -2.46. The number of hydrogen-bond donors (Lipinski definition) is 0. The molecule has 1 aliphatic carbocycles. The molecule has 2 aromatic rings. The van der Waals surface area contributed by atoms with Crippen molar-refractivity contribution in [2.24, 2.45) is 0 Å². The van der Waals surface area contributed by atoms with Crippen molar-refractivity contribution in [3.63, 3.8) is 0 Å². The minimum absolute atomic E-state index is 0.109. The van der Waals surface area contributed by atoms with Gasteiger partial charge in [0.15, 0.2) is 6.10 Å². The summed E-state index contributed by atoms with van der Waals surface area (Å²) in [6, 6.07) is 7.85. The van der Waals surface area contributed by atoms with Gasteiger partial charge in [0.25, 0.3) is 5.91 Å². The van der Waals surface area contributed by atoms with E-state index in [1.165, 1.54) is 26.4 Å². The van der Waals surface area contributed by atoms with Crippen molar-refractivity contribution in [2.75, 3.05) is 12.0 Å². The van der Waals surface area contributed by atoms with Gasteiger partial charge in [0, 0.05) is 12.2 Å². The van der Waals surface area contributed by atoms with Crippen LogP contribution in [0.1, 0.15) is 50.3 Å². The van der Waals surface area contributed by atoms with E-state index < -0.39 is 12.1 Å². The van der Waals surface area contributed by atoms with Gasteiger partial charge in [-0.25, -0.2) is 4.98 Å². The van der Waals surface area contributed by atoms with Crippen LogP contribution in [0.3, 0.4) is 0 Å². The van der Waals surface area contributed by atoms with Crippen molar-refractivity contribution in [1.29, 1.82) is 0 Å². The predicted molar refractivity (Wildman–Crippen MR) is 103 cm³/mol. The second-order valence-electron chi connectivity index (χ2n) is 7.36. The largest absolute Gasteiger partial charge is 0.478 e. The molecule has 4 rings (SSSR count). The average molecular weight is 383 g/mol. The van der Waals surface area contributed by atoms with Crippen molar-refractivity contribution >= 4 is 17.6 Å². The third-order valence-corrected chi connectivity index (χ3v) is 5.58. The highest BCUT2D eigenvalue weighted by atomic mass is 16.5. The molecule has 0 N–H and O–H groups in total. The number of methoxy groups -OCH3 is 1. The molecule has 1 atom stereocenters. The number of fused-ring (bicyclic) bond motifs is 1.